The second kappa shape index (κ2) is 13.3. The minimum Gasteiger partial charge on any atom is -0.494 e. The zero-order valence-corrected chi connectivity index (χ0v) is 26.7. The van der Waals surface area contributed by atoms with Crippen LogP contribution < -0.4 is 24.4 Å². The third-order valence-corrected chi connectivity index (χ3v) is 8.47. The van der Waals surface area contributed by atoms with Crippen molar-refractivity contribution in [3.8, 4) is 11.5 Å². The van der Waals surface area contributed by atoms with E-state index in [0.29, 0.717) is 59.3 Å². The number of rotatable bonds is 9. The lowest BCUT2D eigenvalue weighted by atomic mass is 9.96. The highest BCUT2D eigenvalue weighted by molar-refractivity contribution is 9.10. The van der Waals surface area contributed by atoms with E-state index in [0.717, 1.165) is 0 Å². The van der Waals surface area contributed by atoms with Crippen molar-refractivity contribution in [2.24, 2.45) is 4.99 Å². The molecule has 0 saturated carbocycles. The molecule has 3 aromatic carbocycles. The van der Waals surface area contributed by atoms with Gasteiger partial charge in [-0.05, 0) is 78.7 Å². The van der Waals surface area contributed by atoms with Gasteiger partial charge in [0.1, 0.15) is 23.9 Å². The van der Waals surface area contributed by atoms with E-state index < -0.39 is 12.0 Å². The maximum atomic E-state index is 14.3. The number of nitrogens with zero attached hydrogens (tertiary/aromatic N) is 2. The number of esters is 1. The molecule has 0 radical (unpaired) electrons. The molecule has 0 fully saturated rings. The van der Waals surface area contributed by atoms with Crippen molar-refractivity contribution in [2.45, 2.75) is 33.4 Å². The molecule has 1 aliphatic rings. The Bertz CT molecular complexity index is 1900. The maximum absolute atomic E-state index is 14.3. The summed E-state index contributed by atoms with van der Waals surface area (Å²) in [6.45, 7) is 6.00. The van der Waals surface area contributed by atoms with Crippen LogP contribution in [0.5, 0.6) is 11.5 Å². The van der Waals surface area contributed by atoms with Gasteiger partial charge in [-0.25, -0.2) is 14.2 Å². The summed E-state index contributed by atoms with van der Waals surface area (Å²) < 4.78 is 33.7. The highest BCUT2D eigenvalue weighted by Crippen LogP contribution is 2.35. The van der Waals surface area contributed by atoms with Crippen molar-refractivity contribution in [1.82, 2.24) is 4.57 Å². The SMILES string of the molecule is CCOC(=O)C1=C(C)N=c2s/c(=C\c3cc(Cl)cc(Br)c3OCc3ccccc3F)c(=O)n2[C@@H]1c1ccc(OCC)cc1. The monoisotopic (exact) mass is 684 g/mol. The summed E-state index contributed by atoms with van der Waals surface area (Å²) in [6, 6.07) is 16.2. The Labute approximate surface area is 264 Å². The standard InChI is InChI=1S/C32H27BrClFN2O5S/c1-4-40-23-12-10-19(11-13-23)28-27(31(39)41-5-2)18(3)36-32-37(28)30(38)26(43-32)15-21-14-22(34)16-24(33)29(21)42-17-20-8-6-7-9-25(20)35/h6-16,28H,4-5,17H2,1-3H3/b26-15-/t28-/m1/s1. The average Bonchev–Trinajstić information content (AvgIpc) is 3.27. The summed E-state index contributed by atoms with van der Waals surface area (Å²) in [7, 11) is 0. The summed E-state index contributed by atoms with van der Waals surface area (Å²) in [4.78, 5) is 32.3. The van der Waals surface area contributed by atoms with Gasteiger partial charge in [-0.3, -0.25) is 9.36 Å². The number of carbonyl (C=O) groups excluding carboxylic acids is 1. The van der Waals surface area contributed by atoms with Crippen molar-refractivity contribution in [3.63, 3.8) is 0 Å². The molecule has 11 heteroatoms. The van der Waals surface area contributed by atoms with Crippen molar-refractivity contribution in [2.75, 3.05) is 13.2 Å². The number of carbonyl (C=O) groups is 1. The normalized spacial score (nSPS) is 14.7. The summed E-state index contributed by atoms with van der Waals surface area (Å²) in [5.74, 6) is 0.139. The van der Waals surface area contributed by atoms with Gasteiger partial charge in [-0.1, -0.05) is 53.3 Å². The summed E-state index contributed by atoms with van der Waals surface area (Å²) in [5, 5.41) is 0.414. The molecule has 222 valence electrons. The minimum absolute atomic E-state index is 0.0329. The number of ether oxygens (including phenoxy) is 3. The summed E-state index contributed by atoms with van der Waals surface area (Å²) >= 11 is 11.1. The second-order valence-electron chi connectivity index (χ2n) is 9.49. The lowest BCUT2D eigenvalue weighted by Crippen LogP contribution is -2.39. The topological polar surface area (TPSA) is 79.1 Å². The van der Waals surface area contributed by atoms with Crippen molar-refractivity contribution >= 4 is 50.9 Å². The van der Waals surface area contributed by atoms with E-state index >= 15 is 0 Å². The Balaban J connectivity index is 1.64. The quantitative estimate of drug-likeness (QED) is 0.193. The predicted molar refractivity (Wildman–Crippen MR) is 168 cm³/mol. The van der Waals surface area contributed by atoms with E-state index in [4.69, 9.17) is 25.8 Å². The van der Waals surface area contributed by atoms with Gasteiger partial charge in [0.25, 0.3) is 5.56 Å². The number of thiazole rings is 1. The van der Waals surface area contributed by atoms with Crippen molar-refractivity contribution in [3.05, 3.63) is 124 Å². The van der Waals surface area contributed by atoms with Gasteiger partial charge >= 0.3 is 5.97 Å². The summed E-state index contributed by atoms with van der Waals surface area (Å²) in [5.41, 5.74) is 1.99. The van der Waals surface area contributed by atoms with Gasteiger partial charge in [0.15, 0.2) is 4.80 Å². The van der Waals surface area contributed by atoms with Gasteiger partial charge in [0.2, 0.25) is 0 Å². The lowest BCUT2D eigenvalue weighted by Gasteiger charge is -2.24. The summed E-state index contributed by atoms with van der Waals surface area (Å²) in [6.07, 6.45) is 1.66. The van der Waals surface area contributed by atoms with Gasteiger partial charge < -0.3 is 14.2 Å². The first-order chi connectivity index (χ1) is 20.7. The van der Waals surface area contributed by atoms with Crippen LogP contribution in [0.2, 0.25) is 5.02 Å². The van der Waals surface area contributed by atoms with E-state index in [9.17, 15) is 14.0 Å². The van der Waals surface area contributed by atoms with Crippen LogP contribution in [0, 0.1) is 5.82 Å². The Kier molecular flexibility index (Phi) is 9.49. The molecule has 0 amide bonds. The molecule has 1 atom stereocenters. The van der Waals surface area contributed by atoms with Gasteiger partial charge in [0.05, 0.1) is 39.5 Å². The molecular weight excluding hydrogens is 659 g/mol. The van der Waals surface area contributed by atoms with E-state index in [-0.39, 0.29) is 30.2 Å². The molecule has 0 aliphatic carbocycles. The van der Waals surface area contributed by atoms with Crippen molar-refractivity contribution < 1.29 is 23.4 Å². The van der Waals surface area contributed by atoms with Gasteiger partial charge in [-0.15, -0.1) is 0 Å². The van der Waals surface area contributed by atoms with Gasteiger partial charge in [-0.2, -0.15) is 0 Å². The molecule has 1 aliphatic heterocycles. The Morgan fingerprint density at radius 3 is 2.56 bits per heavy atom. The van der Waals surface area contributed by atoms with Gasteiger partial charge in [0, 0.05) is 16.1 Å². The Morgan fingerprint density at radius 1 is 1.12 bits per heavy atom. The number of aromatic nitrogens is 1. The van der Waals surface area contributed by atoms with Crippen LogP contribution in [0.3, 0.4) is 0 Å². The van der Waals surface area contributed by atoms with Crippen LogP contribution in [0.25, 0.3) is 6.08 Å². The average molecular weight is 686 g/mol. The molecule has 0 N–H and O–H groups in total. The molecule has 0 bridgehead atoms. The Morgan fingerprint density at radius 2 is 1.86 bits per heavy atom. The first kappa shape index (κ1) is 30.7. The fourth-order valence-electron chi connectivity index (χ4n) is 4.77. The van der Waals surface area contributed by atoms with E-state index in [1.54, 1.807) is 62.4 Å². The number of hydrogen-bond donors (Lipinski definition) is 0. The van der Waals surface area contributed by atoms with Crippen LogP contribution in [0.15, 0.2) is 86.2 Å². The number of halogens is 3. The molecule has 4 aromatic rings. The van der Waals surface area contributed by atoms with Crippen LogP contribution in [-0.2, 0) is 16.1 Å². The van der Waals surface area contributed by atoms with E-state index in [2.05, 4.69) is 20.9 Å². The number of fused-ring (bicyclic) bond motifs is 1. The molecule has 0 unspecified atom stereocenters. The minimum atomic E-state index is -0.768. The molecule has 0 spiro atoms. The fourth-order valence-corrected chi connectivity index (χ4v) is 6.75. The molecule has 2 heterocycles. The number of allylic oxidation sites excluding steroid dienone is 1. The molecular formula is C32H27BrClFN2O5S. The first-order valence-electron chi connectivity index (χ1n) is 13.5. The lowest BCUT2D eigenvalue weighted by molar-refractivity contribution is -0.139. The number of hydrogen-bond acceptors (Lipinski definition) is 7. The first-order valence-corrected chi connectivity index (χ1v) is 15.5. The zero-order valence-electron chi connectivity index (χ0n) is 23.5. The molecule has 1 aromatic heterocycles. The third kappa shape index (κ3) is 6.46. The zero-order chi connectivity index (χ0) is 30.7. The van der Waals surface area contributed by atoms with Crippen molar-refractivity contribution in [1.29, 1.82) is 0 Å². The Hall–Kier alpha value is -3.73. The predicted octanol–water partition coefficient (Wildman–Crippen LogP) is 6.33. The largest absolute Gasteiger partial charge is 0.494 e. The highest BCUT2D eigenvalue weighted by atomic mass is 79.9. The van der Waals surface area contributed by atoms with E-state index in [1.807, 2.05) is 19.1 Å². The highest BCUT2D eigenvalue weighted by Gasteiger charge is 2.33. The molecule has 0 saturated heterocycles. The number of benzene rings is 3. The van der Waals surface area contributed by atoms with Crippen LogP contribution >= 0.6 is 38.9 Å². The maximum Gasteiger partial charge on any atom is 0.338 e. The van der Waals surface area contributed by atoms with Crippen LogP contribution in [-0.4, -0.2) is 23.8 Å². The molecule has 43 heavy (non-hydrogen) atoms. The van der Waals surface area contributed by atoms with E-state index in [1.165, 1.54) is 22.0 Å². The van der Waals surface area contributed by atoms with Crippen LogP contribution in [0.4, 0.5) is 4.39 Å². The van der Waals surface area contributed by atoms with Crippen LogP contribution in [0.1, 0.15) is 43.5 Å². The molecule has 5 rings (SSSR count). The molecule has 7 nitrogen and oxygen atoms in total. The smallest absolute Gasteiger partial charge is 0.338 e. The second-order valence-corrected chi connectivity index (χ2v) is 11.8. The third-order valence-electron chi connectivity index (χ3n) is 6.68. The fraction of sp³-hybridized carbons (Fsp3) is 0.219.